The molecule has 0 aliphatic carbocycles. The van der Waals surface area contributed by atoms with Crippen molar-refractivity contribution in [3.63, 3.8) is 0 Å². The fraction of sp³-hybridized carbons (Fsp3) is 0.0968. The smallest absolute Gasteiger partial charge is 0.267 e. The highest BCUT2D eigenvalue weighted by molar-refractivity contribution is 8.18. The lowest BCUT2D eigenvalue weighted by Crippen LogP contribution is -2.28. The molecule has 0 spiro atoms. The summed E-state index contributed by atoms with van der Waals surface area (Å²) in [6.07, 6.45) is 1.81. The Labute approximate surface area is 246 Å². The molecule has 1 heterocycles. The quantitative estimate of drug-likeness (QED) is 0.192. The lowest BCUT2D eigenvalue weighted by Gasteiger charge is -2.15. The predicted octanol–water partition coefficient (Wildman–Crippen LogP) is 8.90. The maximum absolute atomic E-state index is 13.6. The van der Waals surface area contributed by atoms with E-state index in [4.69, 9.17) is 44.5 Å². The lowest BCUT2D eigenvalue weighted by molar-refractivity contribution is -0.122. The summed E-state index contributed by atoms with van der Waals surface area (Å²) in [6.45, 7) is 1.13. The van der Waals surface area contributed by atoms with E-state index in [1.807, 2.05) is 66.7 Å². The fourth-order valence-electron chi connectivity index (χ4n) is 3.97. The molecule has 1 saturated heterocycles. The van der Waals surface area contributed by atoms with Gasteiger partial charge in [-0.15, -0.1) is 0 Å². The molecule has 0 N–H and O–H groups in total. The van der Waals surface area contributed by atoms with Gasteiger partial charge in [-0.2, -0.15) is 0 Å². The van der Waals surface area contributed by atoms with Crippen molar-refractivity contribution in [1.82, 2.24) is 4.90 Å². The summed E-state index contributed by atoms with van der Waals surface area (Å²) in [6, 6.07) is 30.4. The number of benzene rings is 4. The van der Waals surface area contributed by atoms with Gasteiger partial charge in [0.2, 0.25) is 0 Å². The highest BCUT2D eigenvalue weighted by Gasteiger charge is 2.33. The van der Waals surface area contributed by atoms with Crippen LogP contribution >= 0.6 is 46.6 Å². The van der Waals surface area contributed by atoms with Crippen LogP contribution in [-0.4, -0.2) is 16.0 Å². The van der Waals surface area contributed by atoms with Crippen LogP contribution in [-0.2, 0) is 24.5 Å². The second kappa shape index (κ2) is 12.8. The number of amidine groups is 1. The normalized spacial score (nSPS) is 15.4. The predicted molar refractivity (Wildman–Crippen MR) is 162 cm³/mol. The number of carbonyl (C=O) groups is 1. The fourth-order valence-corrected chi connectivity index (χ4v) is 5.58. The van der Waals surface area contributed by atoms with E-state index >= 15 is 0 Å². The number of nitrogens with zero attached hydrogens (tertiary/aromatic N) is 2. The largest absolute Gasteiger partial charge is 0.488 e. The van der Waals surface area contributed by atoms with E-state index in [2.05, 4.69) is 0 Å². The van der Waals surface area contributed by atoms with Gasteiger partial charge < -0.3 is 4.74 Å². The Hall–Kier alpha value is -3.22. The highest BCUT2D eigenvalue weighted by atomic mass is 35.5. The summed E-state index contributed by atoms with van der Waals surface area (Å²) in [5, 5.41) is 2.26. The first-order valence-electron chi connectivity index (χ1n) is 12.2. The number of amides is 1. The highest BCUT2D eigenvalue weighted by Crippen LogP contribution is 2.36. The molecule has 1 amide bonds. The number of thioether (sulfide) groups is 1. The van der Waals surface area contributed by atoms with Crippen molar-refractivity contribution in [2.45, 2.75) is 19.7 Å². The van der Waals surface area contributed by atoms with Gasteiger partial charge >= 0.3 is 0 Å². The van der Waals surface area contributed by atoms with E-state index in [0.29, 0.717) is 49.5 Å². The summed E-state index contributed by atoms with van der Waals surface area (Å²) in [5.74, 6) is 0.456. The van der Waals surface area contributed by atoms with Crippen LogP contribution in [0.2, 0.25) is 15.1 Å². The summed E-state index contributed by atoms with van der Waals surface area (Å²) in [5.41, 5.74) is 3.57. The first kappa shape index (κ1) is 27.4. The minimum absolute atomic E-state index is 0.123. The van der Waals surface area contributed by atoms with Gasteiger partial charge in [0, 0.05) is 26.2 Å². The first-order chi connectivity index (χ1) is 19.0. The van der Waals surface area contributed by atoms with Crippen molar-refractivity contribution < 1.29 is 9.53 Å². The Morgan fingerprint density at radius 1 is 0.821 bits per heavy atom. The lowest BCUT2D eigenvalue weighted by atomic mass is 10.1. The van der Waals surface area contributed by atoms with Gasteiger partial charge in [0.25, 0.3) is 5.91 Å². The monoisotopic (exact) mass is 592 g/mol. The van der Waals surface area contributed by atoms with Crippen molar-refractivity contribution in [3.05, 3.63) is 139 Å². The topological polar surface area (TPSA) is 41.9 Å². The molecule has 0 unspecified atom stereocenters. The molecule has 5 rings (SSSR count). The Kier molecular flexibility index (Phi) is 8.95. The van der Waals surface area contributed by atoms with Crippen LogP contribution in [0.3, 0.4) is 0 Å². The number of aliphatic imine (C=N–C) groups is 1. The summed E-state index contributed by atoms with van der Waals surface area (Å²) < 4.78 is 6.10. The number of rotatable bonds is 8. The number of hydrogen-bond donors (Lipinski definition) is 0. The van der Waals surface area contributed by atoms with Crippen LogP contribution in [0.15, 0.2) is 107 Å². The standard InChI is InChI=1S/C31H23Cl3N2O2S/c32-25-13-14-28(38-20-23-11-12-26(33)17-27(23)34)24(15-25)16-29-30(37)36(19-22-9-5-2-6-10-22)31(39-29)35-18-21-7-3-1-4-8-21/h1-17H,18-20H2/b29-16-,35-31?. The number of hydrogen-bond acceptors (Lipinski definition) is 4. The summed E-state index contributed by atoms with van der Waals surface area (Å²) in [7, 11) is 0. The minimum Gasteiger partial charge on any atom is -0.488 e. The van der Waals surface area contributed by atoms with E-state index in [1.165, 1.54) is 11.8 Å². The maximum Gasteiger partial charge on any atom is 0.267 e. The molecule has 0 aromatic heterocycles. The van der Waals surface area contributed by atoms with Gasteiger partial charge in [-0.1, -0.05) is 102 Å². The summed E-state index contributed by atoms with van der Waals surface area (Å²) in [4.78, 5) is 20.7. The van der Waals surface area contributed by atoms with Crippen LogP contribution in [0.5, 0.6) is 5.75 Å². The van der Waals surface area contributed by atoms with Gasteiger partial charge in [-0.05, 0) is 59.3 Å². The van der Waals surface area contributed by atoms with Gasteiger partial charge in [0.1, 0.15) is 12.4 Å². The molecule has 39 heavy (non-hydrogen) atoms. The van der Waals surface area contributed by atoms with E-state index in [0.717, 1.165) is 16.7 Å². The van der Waals surface area contributed by atoms with Gasteiger partial charge in [0.15, 0.2) is 5.17 Å². The van der Waals surface area contributed by atoms with Crippen LogP contribution in [0.1, 0.15) is 22.3 Å². The van der Waals surface area contributed by atoms with Crippen molar-refractivity contribution in [3.8, 4) is 5.75 Å². The molecule has 0 saturated carbocycles. The van der Waals surface area contributed by atoms with Gasteiger partial charge in [0.05, 0.1) is 18.0 Å². The molecule has 1 fully saturated rings. The second-order valence-corrected chi connectivity index (χ2v) is 11.1. The molecule has 196 valence electrons. The van der Waals surface area contributed by atoms with Crippen LogP contribution in [0, 0.1) is 0 Å². The zero-order chi connectivity index (χ0) is 27.2. The van der Waals surface area contributed by atoms with Crippen molar-refractivity contribution >= 4 is 63.7 Å². The average molecular weight is 594 g/mol. The van der Waals surface area contributed by atoms with Gasteiger partial charge in [-0.3, -0.25) is 14.7 Å². The molecule has 8 heteroatoms. The third-order valence-electron chi connectivity index (χ3n) is 5.97. The van der Waals surface area contributed by atoms with E-state index in [-0.39, 0.29) is 12.5 Å². The van der Waals surface area contributed by atoms with Gasteiger partial charge in [-0.25, -0.2) is 0 Å². The Bertz CT molecular complexity index is 1540. The molecule has 1 aliphatic heterocycles. The van der Waals surface area contributed by atoms with Crippen LogP contribution < -0.4 is 4.74 Å². The van der Waals surface area contributed by atoms with Crippen LogP contribution in [0.25, 0.3) is 6.08 Å². The van der Waals surface area contributed by atoms with Crippen molar-refractivity contribution in [2.75, 3.05) is 0 Å². The zero-order valence-electron chi connectivity index (χ0n) is 20.7. The van der Waals surface area contributed by atoms with Crippen LogP contribution in [0.4, 0.5) is 0 Å². The van der Waals surface area contributed by atoms with Crippen molar-refractivity contribution in [2.24, 2.45) is 4.99 Å². The zero-order valence-corrected chi connectivity index (χ0v) is 23.8. The molecule has 4 aromatic carbocycles. The number of ether oxygens (including phenoxy) is 1. The maximum atomic E-state index is 13.6. The summed E-state index contributed by atoms with van der Waals surface area (Å²) >= 11 is 20.0. The van der Waals surface area contributed by atoms with E-state index in [9.17, 15) is 4.79 Å². The molecule has 0 radical (unpaired) electrons. The Morgan fingerprint density at radius 3 is 2.21 bits per heavy atom. The number of halogens is 3. The van der Waals surface area contributed by atoms with Crippen molar-refractivity contribution in [1.29, 1.82) is 0 Å². The molecule has 4 aromatic rings. The Balaban J connectivity index is 1.43. The molecule has 0 bridgehead atoms. The molecular weight excluding hydrogens is 571 g/mol. The third kappa shape index (κ3) is 7.06. The third-order valence-corrected chi connectivity index (χ3v) is 7.83. The minimum atomic E-state index is -0.123. The first-order valence-corrected chi connectivity index (χ1v) is 14.1. The second-order valence-electron chi connectivity index (χ2n) is 8.78. The average Bonchev–Trinajstić information content (AvgIpc) is 3.22. The SMILES string of the molecule is O=C1/C(=C/c2cc(Cl)ccc2OCc2ccc(Cl)cc2Cl)SC(=NCc2ccccc2)N1Cc1ccccc1. The molecule has 0 atom stereocenters. The molecular formula is C31H23Cl3N2O2S. The van der Waals surface area contributed by atoms with E-state index in [1.54, 1.807) is 41.3 Å². The molecule has 1 aliphatic rings. The Morgan fingerprint density at radius 2 is 1.49 bits per heavy atom. The van der Waals surface area contributed by atoms with E-state index < -0.39 is 0 Å². The molecule has 4 nitrogen and oxygen atoms in total. The number of carbonyl (C=O) groups excluding carboxylic acids is 1.